The van der Waals surface area contributed by atoms with Crippen molar-refractivity contribution in [1.82, 2.24) is 34.7 Å². The van der Waals surface area contributed by atoms with Gasteiger partial charge in [-0.1, -0.05) is 25.1 Å². The molecule has 3 unspecified atom stereocenters. The van der Waals surface area contributed by atoms with E-state index in [9.17, 15) is 28.2 Å². The number of aromatic nitrogens is 4. The third-order valence-corrected chi connectivity index (χ3v) is 12.8. The van der Waals surface area contributed by atoms with Gasteiger partial charge in [-0.2, -0.15) is 3.89 Å². The lowest BCUT2D eigenvalue weighted by Crippen LogP contribution is -2.62. The van der Waals surface area contributed by atoms with Crippen molar-refractivity contribution < 1.29 is 51.9 Å². The van der Waals surface area contributed by atoms with E-state index in [1.54, 1.807) is 27.6 Å². The molecular formula is C44H70FN7O10S. The Labute approximate surface area is 376 Å². The maximum atomic E-state index is 14.1. The van der Waals surface area contributed by atoms with Gasteiger partial charge in [0.2, 0.25) is 5.91 Å². The van der Waals surface area contributed by atoms with E-state index in [4.69, 9.17) is 23.7 Å². The van der Waals surface area contributed by atoms with E-state index >= 15 is 0 Å². The molecular weight excluding hydrogens is 838 g/mol. The highest BCUT2D eigenvalue weighted by molar-refractivity contribution is 7.93. The summed E-state index contributed by atoms with van der Waals surface area (Å²) in [5.74, 6) is -2.86. The van der Waals surface area contributed by atoms with Crippen LogP contribution in [-0.4, -0.2) is 164 Å². The number of carbonyl (C=O) groups is 4. The fourth-order valence-corrected chi connectivity index (χ4v) is 9.31. The number of hydrogen-bond donors (Lipinski definition) is 1. The van der Waals surface area contributed by atoms with E-state index in [-0.39, 0.29) is 55.5 Å². The number of nitrogens with zero attached hydrogens (tertiary/aromatic N) is 7. The Bertz CT molecular complexity index is 1810. The number of unbranched alkanes of at least 4 members (excludes halogenated alkanes) is 1. The van der Waals surface area contributed by atoms with Crippen molar-refractivity contribution in [2.45, 2.75) is 160 Å². The predicted molar refractivity (Wildman–Crippen MR) is 235 cm³/mol. The first-order valence-electron chi connectivity index (χ1n) is 21.9. The quantitative estimate of drug-likeness (QED) is 0.173. The number of rotatable bonds is 11. The van der Waals surface area contributed by atoms with E-state index in [1.165, 1.54) is 27.2 Å². The zero-order valence-electron chi connectivity index (χ0n) is 39.1. The van der Waals surface area contributed by atoms with Gasteiger partial charge in [-0.15, -0.1) is 5.10 Å². The average Bonchev–Trinajstić information content (AvgIpc) is 3.82. The number of halogens is 1. The van der Waals surface area contributed by atoms with Crippen molar-refractivity contribution in [3.8, 4) is 11.4 Å². The number of amides is 2. The summed E-state index contributed by atoms with van der Waals surface area (Å²) in [6.45, 7) is 15.3. The first-order chi connectivity index (χ1) is 29.7. The maximum Gasteiger partial charge on any atom is 0.410 e. The Balaban J connectivity index is 0.00000282. The molecule has 2 aromatic heterocycles. The summed E-state index contributed by atoms with van der Waals surface area (Å²) < 4.78 is 43.2. The molecule has 0 spiro atoms. The molecule has 63 heavy (non-hydrogen) atoms. The first-order valence-corrected chi connectivity index (χ1v) is 23.0. The smallest absolute Gasteiger partial charge is 0.410 e. The topological polar surface area (TPSA) is 188 Å². The summed E-state index contributed by atoms with van der Waals surface area (Å²) in [6, 6.07) is 4.02. The number of pyridine rings is 1. The van der Waals surface area contributed by atoms with Crippen LogP contribution in [0.25, 0.3) is 11.4 Å². The van der Waals surface area contributed by atoms with Gasteiger partial charge in [0, 0.05) is 70.7 Å². The number of esters is 1. The molecule has 354 valence electrons. The van der Waals surface area contributed by atoms with Crippen LogP contribution in [0.4, 0.5) is 8.68 Å². The van der Waals surface area contributed by atoms with E-state index in [0.717, 1.165) is 5.69 Å². The molecule has 5 heterocycles. The van der Waals surface area contributed by atoms with Gasteiger partial charge >= 0.3 is 12.1 Å². The molecule has 2 aromatic rings. The number of ketones is 1. The van der Waals surface area contributed by atoms with Crippen LogP contribution in [0.5, 0.6) is 0 Å². The van der Waals surface area contributed by atoms with E-state index in [2.05, 4.69) is 15.3 Å². The summed E-state index contributed by atoms with van der Waals surface area (Å²) >= 11 is 0.250. The largest absolute Gasteiger partial charge is 0.458 e. The van der Waals surface area contributed by atoms with E-state index < -0.39 is 71.7 Å². The Hall–Kier alpha value is -3.75. The van der Waals surface area contributed by atoms with Crippen LogP contribution < -0.4 is 0 Å². The SMILES string of the molecule is CC[C@H]1OC(=O)[C@H](C)C(=O)C[C@@H](O[C@@H]2OC(C)CC(N(C)C)C2O)[C@](C)(OC)C[C@@H](C)CN(C(C)=O)[C@H](C)[C@H]2N(CCCCn3cc(-c4ccccn4)nn3)C(=O)O[C@]12C.CSF. The van der Waals surface area contributed by atoms with Crippen molar-refractivity contribution in [3.05, 3.63) is 30.6 Å². The molecule has 0 radical (unpaired) electrons. The lowest BCUT2D eigenvalue weighted by Gasteiger charge is -2.46. The van der Waals surface area contributed by atoms with Crippen molar-refractivity contribution in [1.29, 1.82) is 0 Å². The lowest BCUT2D eigenvalue weighted by molar-refractivity contribution is -0.289. The number of likely N-dealkylation sites (N-methyl/N-ethyl adjacent to an activating group) is 1. The average molecular weight is 908 g/mol. The molecule has 1 N–H and O–H groups in total. The van der Waals surface area contributed by atoms with Gasteiger partial charge in [0.15, 0.2) is 11.9 Å². The lowest BCUT2D eigenvalue weighted by atomic mass is 9.82. The fourth-order valence-electron chi connectivity index (χ4n) is 9.31. The fraction of sp³-hybridized carbons (Fsp3) is 0.750. The zero-order chi connectivity index (χ0) is 46.8. The molecule has 3 aliphatic rings. The maximum absolute atomic E-state index is 14.1. The second-order valence-corrected chi connectivity index (χ2v) is 18.1. The second kappa shape index (κ2) is 22.9. The highest BCUT2D eigenvalue weighted by Gasteiger charge is 2.59. The summed E-state index contributed by atoms with van der Waals surface area (Å²) in [7, 11) is 5.30. The van der Waals surface area contributed by atoms with Crippen LogP contribution in [0.1, 0.15) is 93.9 Å². The highest BCUT2D eigenvalue weighted by Crippen LogP contribution is 2.41. The predicted octanol–water partition coefficient (Wildman–Crippen LogP) is 5.34. The third kappa shape index (κ3) is 12.5. The summed E-state index contributed by atoms with van der Waals surface area (Å²) in [4.78, 5) is 65.4. The minimum absolute atomic E-state index is 0.210. The van der Waals surface area contributed by atoms with Crippen LogP contribution in [0.15, 0.2) is 30.6 Å². The monoisotopic (exact) mass is 907 g/mol. The number of carbonyl (C=O) groups excluding carboxylic acids is 4. The number of Topliss-reactive ketones (excluding diaryl/α,β-unsaturated/α-hetero) is 1. The van der Waals surface area contributed by atoms with Gasteiger partial charge in [-0.3, -0.25) is 28.9 Å². The van der Waals surface area contributed by atoms with Crippen molar-refractivity contribution in [3.63, 3.8) is 0 Å². The number of hydrogen-bond acceptors (Lipinski definition) is 15. The molecule has 12 atom stereocenters. The molecule has 19 heteroatoms. The number of ether oxygens (including phenoxy) is 5. The molecule has 0 aromatic carbocycles. The normalized spacial score (nSPS) is 33.4. The Kier molecular flexibility index (Phi) is 18.9. The summed E-state index contributed by atoms with van der Waals surface area (Å²) in [6.07, 6.45) is 2.25. The standard InChI is InChI=1S/C43H67N7O10.CH3FS/c1-12-35-43(8)38(49(41(55)60-43)20-16-15-19-48-25-32(45-46-48)31-17-13-14-18-44-31)29(5)50(30(6)51)24-26(2)23-42(7,56-11)36(22-34(52)28(4)39(54)58-35)59-40-37(53)33(47(9)10)21-27(3)57-40;1-3-2/h13-14,17-18,25-29,33,35-38,40,53H,12,15-16,19-24H2,1-11H3;1H3/t26-,27?,28-,29-,33?,35-,36-,37?,38-,40+,42-,43-;/m1./s1. The number of aliphatic hydroxyl groups is 1. The number of aryl methyl sites for hydroxylation is 1. The summed E-state index contributed by atoms with van der Waals surface area (Å²) in [5.41, 5.74) is -1.14. The van der Waals surface area contributed by atoms with Gasteiger partial charge in [-0.05, 0) is 98.9 Å². The van der Waals surface area contributed by atoms with Crippen molar-refractivity contribution >= 4 is 35.9 Å². The summed E-state index contributed by atoms with van der Waals surface area (Å²) in [5, 5.41) is 19.9. The van der Waals surface area contributed by atoms with Crippen LogP contribution in [0, 0.1) is 11.8 Å². The zero-order valence-corrected chi connectivity index (χ0v) is 39.9. The van der Waals surface area contributed by atoms with Crippen LogP contribution in [0.3, 0.4) is 0 Å². The van der Waals surface area contributed by atoms with E-state index in [0.29, 0.717) is 44.5 Å². The van der Waals surface area contributed by atoms with Gasteiger partial charge in [0.1, 0.15) is 29.6 Å². The van der Waals surface area contributed by atoms with Crippen LogP contribution >= 0.6 is 12.1 Å². The first kappa shape index (κ1) is 51.9. The molecule has 17 nitrogen and oxygen atoms in total. The number of cyclic esters (lactones) is 1. The molecule has 0 saturated carbocycles. The van der Waals surface area contributed by atoms with Gasteiger partial charge in [0.25, 0.3) is 0 Å². The molecule has 0 bridgehead atoms. The van der Waals surface area contributed by atoms with Crippen LogP contribution in [0.2, 0.25) is 0 Å². The molecule has 3 aliphatic heterocycles. The van der Waals surface area contributed by atoms with Gasteiger partial charge in [0.05, 0.1) is 41.8 Å². The molecule has 5 rings (SSSR count). The Morgan fingerprint density at radius 1 is 1.10 bits per heavy atom. The second-order valence-electron chi connectivity index (χ2n) is 17.8. The van der Waals surface area contributed by atoms with Gasteiger partial charge in [-0.25, -0.2) is 4.79 Å². The number of fused-ring (bicyclic) bond motifs is 1. The van der Waals surface area contributed by atoms with Gasteiger partial charge < -0.3 is 38.6 Å². The molecule has 3 fully saturated rings. The minimum Gasteiger partial charge on any atom is -0.458 e. The number of methoxy groups -OCH3 is 1. The Morgan fingerprint density at radius 3 is 2.38 bits per heavy atom. The van der Waals surface area contributed by atoms with Crippen molar-refractivity contribution in [2.24, 2.45) is 11.8 Å². The molecule has 0 aliphatic carbocycles. The molecule has 2 amide bonds. The minimum atomic E-state index is -1.38. The van der Waals surface area contributed by atoms with E-state index in [1.807, 2.05) is 78.0 Å². The highest BCUT2D eigenvalue weighted by atomic mass is 32.2. The Morgan fingerprint density at radius 2 is 1.78 bits per heavy atom. The van der Waals surface area contributed by atoms with Crippen LogP contribution in [-0.2, 0) is 44.6 Å². The third-order valence-electron chi connectivity index (χ3n) is 12.8. The molecule has 3 saturated heterocycles. The number of aliphatic hydroxyl groups excluding tert-OH is 1. The van der Waals surface area contributed by atoms with Crippen molar-refractivity contribution in [2.75, 3.05) is 40.6 Å².